The predicted octanol–water partition coefficient (Wildman–Crippen LogP) is -0.556. The summed E-state index contributed by atoms with van der Waals surface area (Å²) in [4.78, 5) is 22.3. The summed E-state index contributed by atoms with van der Waals surface area (Å²) in [6.45, 7) is 2.79. The average Bonchev–Trinajstić information content (AvgIpc) is 2.64. The van der Waals surface area contributed by atoms with E-state index in [1.807, 2.05) is 6.92 Å². The molecule has 1 amide bonds. The summed E-state index contributed by atoms with van der Waals surface area (Å²) in [5.41, 5.74) is 5.06. The minimum atomic E-state index is -0.347. The molecule has 0 aliphatic rings. The number of H-pyrrole nitrogens is 1. The largest absolute Gasteiger partial charge is 0.368 e. The van der Waals surface area contributed by atoms with Gasteiger partial charge in [0.1, 0.15) is 0 Å². The molecule has 1 atom stereocenters. The molecule has 0 spiro atoms. The summed E-state index contributed by atoms with van der Waals surface area (Å²) in [5.74, 6) is 0.322. The number of aromatic nitrogens is 3. The van der Waals surface area contributed by atoms with Crippen LogP contribution in [0.4, 0.5) is 0 Å². The first kappa shape index (κ1) is 14.8. The van der Waals surface area contributed by atoms with Gasteiger partial charge in [0.05, 0.1) is 6.04 Å². The van der Waals surface area contributed by atoms with Gasteiger partial charge in [-0.05, 0) is 19.4 Å². The number of hydrogen-bond donors (Lipinski definition) is 3. The molecule has 18 heavy (non-hydrogen) atoms. The molecule has 0 radical (unpaired) electrons. The van der Waals surface area contributed by atoms with Gasteiger partial charge < -0.3 is 11.1 Å². The fourth-order valence-corrected chi connectivity index (χ4v) is 2.32. The van der Waals surface area contributed by atoms with Gasteiger partial charge in [-0.2, -0.15) is 0 Å². The van der Waals surface area contributed by atoms with Crippen molar-refractivity contribution >= 4 is 17.7 Å². The number of amides is 1. The Morgan fingerprint density at radius 1 is 1.67 bits per heavy atom. The van der Waals surface area contributed by atoms with Crippen LogP contribution in [-0.2, 0) is 11.8 Å². The van der Waals surface area contributed by atoms with Gasteiger partial charge in [0, 0.05) is 12.8 Å². The number of nitrogens with two attached hydrogens (primary N) is 1. The second-order valence-electron chi connectivity index (χ2n) is 3.92. The Bertz CT molecular complexity index is 442. The molecule has 1 aromatic rings. The standard InChI is InChI=1S/C10H19N5O2S/c1-3-5-12-7(8(11)16)4-6-18-10-14-13-9(17)15(10)2/h7,12H,3-6H2,1-2H3,(H2,11,16)(H,13,17). The molecule has 0 fully saturated rings. The second kappa shape index (κ2) is 7.22. The van der Waals surface area contributed by atoms with Crippen LogP contribution in [0.25, 0.3) is 0 Å². The van der Waals surface area contributed by atoms with E-state index in [9.17, 15) is 9.59 Å². The zero-order valence-electron chi connectivity index (χ0n) is 10.6. The minimum absolute atomic E-state index is 0.243. The second-order valence-corrected chi connectivity index (χ2v) is 4.98. The van der Waals surface area contributed by atoms with E-state index in [0.717, 1.165) is 13.0 Å². The van der Waals surface area contributed by atoms with Crippen LogP contribution in [0.15, 0.2) is 9.95 Å². The molecule has 1 unspecified atom stereocenters. The van der Waals surface area contributed by atoms with Crippen molar-refractivity contribution in [3.63, 3.8) is 0 Å². The number of nitrogens with zero attached hydrogens (tertiary/aromatic N) is 2. The molecule has 0 aliphatic heterocycles. The van der Waals surface area contributed by atoms with Gasteiger partial charge in [-0.1, -0.05) is 18.7 Å². The van der Waals surface area contributed by atoms with Crippen molar-refractivity contribution < 1.29 is 4.79 Å². The zero-order valence-corrected chi connectivity index (χ0v) is 11.4. The summed E-state index contributed by atoms with van der Waals surface area (Å²) in [5, 5.41) is 9.93. The number of hydrogen-bond acceptors (Lipinski definition) is 5. The number of primary amides is 1. The van der Waals surface area contributed by atoms with Gasteiger partial charge in [-0.15, -0.1) is 5.10 Å². The van der Waals surface area contributed by atoms with Crippen molar-refractivity contribution in [2.75, 3.05) is 12.3 Å². The van der Waals surface area contributed by atoms with Crippen LogP contribution in [0.1, 0.15) is 19.8 Å². The molecule has 102 valence electrons. The molecule has 0 aliphatic carbocycles. The number of carbonyl (C=O) groups is 1. The maximum Gasteiger partial charge on any atom is 0.343 e. The van der Waals surface area contributed by atoms with E-state index in [2.05, 4.69) is 15.5 Å². The summed E-state index contributed by atoms with van der Waals surface area (Å²) < 4.78 is 1.43. The molecule has 0 bridgehead atoms. The third kappa shape index (κ3) is 4.19. The van der Waals surface area contributed by atoms with E-state index in [1.54, 1.807) is 7.05 Å². The van der Waals surface area contributed by atoms with Crippen LogP contribution < -0.4 is 16.7 Å². The lowest BCUT2D eigenvalue weighted by molar-refractivity contribution is -0.120. The molecule has 1 heterocycles. The fraction of sp³-hybridized carbons (Fsp3) is 0.700. The normalized spacial score (nSPS) is 12.6. The highest BCUT2D eigenvalue weighted by Gasteiger charge is 2.14. The van der Waals surface area contributed by atoms with Crippen molar-refractivity contribution in [1.29, 1.82) is 0 Å². The van der Waals surface area contributed by atoms with Crippen LogP contribution >= 0.6 is 11.8 Å². The average molecular weight is 273 g/mol. The molecule has 7 nitrogen and oxygen atoms in total. The van der Waals surface area contributed by atoms with Crippen molar-refractivity contribution in [2.45, 2.75) is 31.0 Å². The lowest BCUT2D eigenvalue weighted by Gasteiger charge is -2.14. The van der Waals surface area contributed by atoms with Crippen molar-refractivity contribution in [3.8, 4) is 0 Å². The summed E-state index contributed by atoms with van der Waals surface area (Å²) in [6.07, 6.45) is 1.56. The predicted molar refractivity (Wildman–Crippen MR) is 70.4 cm³/mol. The summed E-state index contributed by atoms with van der Waals surface area (Å²) in [6, 6.07) is -0.326. The Balaban J connectivity index is 2.41. The molecule has 0 saturated heterocycles. The Labute approximate surface area is 110 Å². The quantitative estimate of drug-likeness (QED) is 0.551. The van der Waals surface area contributed by atoms with Gasteiger partial charge in [-0.25, -0.2) is 9.89 Å². The molecule has 0 aromatic carbocycles. The van der Waals surface area contributed by atoms with Gasteiger partial charge in [0.2, 0.25) is 5.91 Å². The Kier molecular flexibility index (Phi) is 5.93. The molecule has 4 N–H and O–H groups in total. The van der Waals surface area contributed by atoms with Gasteiger partial charge >= 0.3 is 5.69 Å². The van der Waals surface area contributed by atoms with Crippen LogP contribution in [0.2, 0.25) is 0 Å². The highest BCUT2D eigenvalue weighted by molar-refractivity contribution is 7.99. The molecular formula is C10H19N5O2S. The van der Waals surface area contributed by atoms with E-state index >= 15 is 0 Å². The number of rotatable bonds is 8. The highest BCUT2D eigenvalue weighted by atomic mass is 32.2. The van der Waals surface area contributed by atoms with Gasteiger partial charge in [0.15, 0.2) is 5.16 Å². The molecule has 1 aromatic heterocycles. The first-order valence-electron chi connectivity index (χ1n) is 5.83. The van der Waals surface area contributed by atoms with Crippen LogP contribution in [0, 0.1) is 0 Å². The fourth-order valence-electron chi connectivity index (χ4n) is 1.39. The first-order chi connectivity index (χ1) is 8.56. The van der Waals surface area contributed by atoms with E-state index in [-0.39, 0.29) is 17.6 Å². The lowest BCUT2D eigenvalue weighted by Crippen LogP contribution is -2.42. The number of aromatic amines is 1. The maximum atomic E-state index is 11.2. The maximum absolute atomic E-state index is 11.2. The molecule has 0 saturated carbocycles. The SMILES string of the molecule is CCCNC(CCSc1n[nH]c(=O)n1C)C(N)=O. The Hall–Kier alpha value is -1.28. The molecule has 8 heteroatoms. The topological polar surface area (TPSA) is 106 Å². The summed E-state index contributed by atoms with van der Waals surface area (Å²) >= 11 is 1.42. The number of carbonyl (C=O) groups excluding carboxylic acids is 1. The highest BCUT2D eigenvalue weighted by Crippen LogP contribution is 2.14. The first-order valence-corrected chi connectivity index (χ1v) is 6.81. The van der Waals surface area contributed by atoms with Crippen molar-refractivity contribution in [3.05, 3.63) is 10.5 Å². The smallest absolute Gasteiger partial charge is 0.343 e. The third-order valence-electron chi connectivity index (χ3n) is 2.46. The van der Waals surface area contributed by atoms with E-state index in [0.29, 0.717) is 17.3 Å². The third-order valence-corrected chi connectivity index (χ3v) is 3.52. The lowest BCUT2D eigenvalue weighted by atomic mass is 10.2. The van der Waals surface area contributed by atoms with Gasteiger partial charge in [0.25, 0.3) is 0 Å². The van der Waals surface area contributed by atoms with E-state index in [4.69, 9.17) is 5.73 Å². The monoisotopic (exact) mass is 273 g/mol. The van der Waals surface area contributed by atoms with Gasteiger partial charge in [-0.3, -0.25) is 9.36 Å². The Morgan fingerprint density at radius 2 is 2.39 bits per heavy atom. The van der Waals surface area contributed by atoms with E-state index in [1.165, 1.54) is 16.3 Å². The number of thioether (sulfide) groups is 1. The molecular weight excluding hydrogens is 254 g/mol. The van der Waals surface area contributed by atoms with Crippen LogP contribution in [0.3, 0.4) is 0 Å². The van der Waals surface area contributed by atoms with E-state index < -0.39 is 0 Å². The minimum Gasteiger partial charge on any atom is -0.368 e. The van der Waals surface area contributed by atoms with Crippen molar-refractivity contribution in [2.24, 2.45) is 12.8 Å². The summed E-state index contributed by atoms with van der Waals surface area (Å²) in [7, 11) is 1.65. The number of nitrogens with one attached hydrogen (secondary N) is 2. The molecule has 1 rings (SSSR count). The van der Waals surface area contributed by atoms with Crippen LogP contribution in [0.5, 0.6) is 0 Å². The Morgan fingerprint density at radius 3 is 2.89 bits per heavy atom. The zero-order chi connectivity index (χ0) is 13.5. The van der Waals surface area contributed by atoms with Crippen LogP contribution in [-0.4, -0.2) is 39.0 Å². The van der Waals surface area contributed by atoms with Crippen molar-refractivity contribution in [1.82, 2.24) is 20.1 Å².